The van der Waals surface area contributed by atoms with Crippen LogP contribution in [0.3, 0.4) is 0 Å². The first-order valence-corrected chi connectivity index (χ1v) is 4.55. The first-order valence-electron chi connectivity index (χ1n) is 4.55. The SMILES string of the molecule is OCCOc1ccc(F)cc1OCCO. The Morgan fingerprint density at radius 2 is 1.60 bits per heavy atom. The van der Waals surface area contributed by atoms with Gasteiger partial charge in [0.2, 0.25) is 0 Å². The van der Waals surface area contributed by atoms with Crippen molar-refractivity contribution in [1.29, 1.82) is 0 Å². The van der Waals surface area contributed by atoms with E-state index in [0.717, 1.165) is 0 Å². The van der Waals surface area contributed by atoms with Crippen molar-refractivity contribution in [3.05, 3.63) is 24.0 Å². The Bertz CT molecular complexity index is 303. The van der Waals surface area contributed by atoms with Gasteiger partial charge in [0.15, 0.2) is 11.5 Å². The van der Waals surface area contributed by atoms with Gasteiger partial charge in [-0.25, -0.2) is 4.39 Å². The molecule has 0 aliphatic rings. The fourth-order valence-electron chi connectivity index (χ4n) is 1.03. The zero-order valence-corrected chi connectivity index (χ0v) is 8.15. The molecule has 15 heavy (non-hydrogen) atoms. The van der Waals surface area contributed by atoms with Crippen LogP contribution in [-0.2, 0) is 0 Å². The van der Waals surface area contributed by atoms with Crippen LogP contribution in [0.4, 0.5) is 4.39 Å². The van der Waals surface area contributed by atoms with Crippen LogP contribution in [0.2, 0.25) is 0 Å². The van der Waals surface area contributed by atoms with E-state index in [1.54, 1.807) is 0 Å². The number of rotatable bonds is 6. The first-order chi connectivity index (χ1) is 7.27. The molecule has 0 aliphatic heterocycles. The highest BCUT2D eigenvalue weighted by Crippen LogP contribution is 2.27. The number of benzene rings is 1. The number of aliphatic hydroxyl groups excluding tert-OH is 2. The summed E-state index contributed by atoms with van der Waals surface area (Å²) in [6.07, 6.45) is 0. The van der Waals surface area contributed by atoms with Crippen molar-refractivity contribution in [3.63, 3.8) is 0 Å². The standard InChI is InChI=1S/C10H13FO4/c11-8-1-2-9(14-5-3-12)10(7-8)15-6-4-13/h1-2,7,12-13H,3-6H2. The zero-order chi connectivity index (χ0) is 11.1. The number of aliphatic hydroxyl groups is 2. The molecule has 5 heteroatoms. The lowest BCUT2D eigenvalue weighted by atomic mass is 10.3. The van der Waals surface area contributed by atoms with Gasteiger partial charge in [-0.2, -0.15) is 0 Å². The molecule has 0 aromatic heterocycles. The molecule has 1 aromatic carbocycles. The van der Waals surface area contributed by atoms with Gasteiger partial charge in [-0.3, -0.25) is 0 Å². The van der Waals surface area contributed by atoms with Crippen molar-refractivity contribution in [2.24, 2.45) is 0 Å². The first kappa shape index (κ1) is 11.7. The lowest BCUT2D eigenvalue weighted by Gasteiger charge is -2.11. The fraction of sp³-hybridized carbons (Fsp3) is 0.400. The molecule has 0 heterocycles. The van der Waals surface area contributed by atoms with E-state index in [4.69, 9.17) is 19.7 Å². The van der Waals surface area contributed by atoms with Gasteiger partial charge in [-0.05, 0) is 12.1 Å². The third-order valence-corrected chi connectivity index (χ3v) is 1.60. The second-order valence-electron chi connectivity index (χ2n) is 2.74. The van der Waals surface area contributed by atoms with Crippen molar-refractivity contribution in [1.82, 2.24) is 0 Å². The molecule has 0 bridgehead atoms. The molecule has 0 radical (unpaired) electrons. The topological polar surface area (TPSA) is 58.9 Å². The van der Waals surface area contributed by atoms with Crippen LogP contribution >= 0.6 is 0 Å². The average molecular weight is 216 g/mol. The number of hydrogen-bond donors (Lipinski definition) is 2. The quantitative estimate of drug-likeness (QED) is 0.729. The third kappa shape index (κ3) is 3.73. The van der Waals surface area contributed by atoms with E-state index in [1.165, 1.54) is 18.2 Å². The van der Waals surface area contributed by atoms with E-state index in [2.05, 4.69) is 0 Å². The van der Waals surface area contributed by atoms with E-state index in [0.29, 0.717) is 5.75 Å². The molecule has 1 rings (SSSR count). The van der Waals surface area contributed by atoms with Gasteiger partial charge in [0.1, 0.15) is 19.0 Å². The second kappa shape index (κ2) is 6.21. The van der Waals surface area contributed by atoms with Gasteiger partial charge in [-0.1, -0.05) is 0 Å². The van der Waals surface area contributed by atoms with Crippen molar-refractivity contribution in [3.8, 4) is 11.5 Å². The Balaban J connectivity index is 2.73. The molecule has 2 N–H and O–H groups in total. The largest absolute Gasteiger partial charge is 0.487 e. The minimum Gasteiger partial charge on any atom is -0.487 e. The Morgan fingerprint density at radius 1 is 1.00 bits per heavy atom. The summed E-state index contributed by atoms with van der Waals surface area (Å²) in [7, 11) is 0. The maximum atomic E-state index is 12.8. The maximum Gasteiger partial charge on any atom is 0.164 e. The van der Waals surface area contributed by atoms with Crippen LogP contribution in [-0.4, -0.2) is 36.6 Å². The Hall–Kier alpha value is -1.33. The highest BCUT2D eigenvalue weighted by Gasteiger charge is 2.06. The number of halogens is 1. The number of hydrogen-bond acceptors (Lipinski definition) is 4. The van der Waals surface area contributed by atoms with Crippen molar-refractivity contribution < 1.29 is 24.1 Å². The minimum atomic E-state index is -0.445. The van der Waals surface area contributed by atoms with Crippen LogP contribution in [0.1, 0.15) is 0 Å². The summed E-state index contributed by atoms with van der Waals surface area (Å²) in [6.45, 7) is -0.104. The van der Waals surface area contributed by atoms with Gasteiger partial charge in [-0.15, -0.1) is 0 Å². The van der Waals surface area contributed by atoms with Gasteiger partial charge in [0, 0.05) is 6.07 Å². The van der Waals surface area contributed by atoms with E-state index < -0.39 is 5.82 Å². The summed E-state index contributed by atoms with van der Waals surface area (Å²) in [6, 6.07) is 3.82. The number of ether oxygens (including phenoxy) is 2. The summed E-state index contributed by atoms with van der Waals surface area (Å²) in [5.41, 5.74) is 0. The molecule has 0 aliphatic carbocycles. The molecule has 0 atom stereocenters. The molecule has 0 fully saturated rings. The van der Waals surface area contributed by atoms with E-state index >= 15 is 0 Å². The molecule has 1 aromatic rings. The van der Waals surface area contributed by atoms with Crippen molar-refractivity contribution >= 4 is 0 Å². The average Bonchev–Trinajstić information content (AvgIpc) is 2.25. The molecule has 0 spiro atoms. The summed E-state index contributed by atoms with van der Waals surface area (Å²) >= 11 is 0. The predicted octanol–water partition coefficient (Wildman–Crippen LogP) is 0.568. The summed E-state index contributed by atoms with van der Waals surface area (Å²) < 4.78 is 23.0. The van der Waals surface area contributed by atoms with E-state index in [-0.39, 0.29) is 32.2 Å². The summed E-state index contributed by atoms with van der Waals surface area (Å²) in [5.74, 6) is 0.121. The normalized spacial score (nSPS) is 10.1. The molecule has 84 valence electrons. The van der Waals surface area contributed by atoms with Gasteiger partial charge < -0.3 is 19.7 Å². The monoisotopic (exact) mass is 216 g/mol. The van der Waals surface area contributed by atoms with Crippen LogP contribution in [0.5, 0.6) is 11.5 Å². The van der Waals surface area contributed by atoms with Crippen LogP contribution in [0.15, 0.2) is 18.2 Å². The van der Waals surface area contributed by atoms with Gasteiger partial charge in [0.05, 0.1) is 13.2 Å². The van der Waals surface area contributed by atoms with Crippen LogP contribution in [0, 0.1) is 5.82 Å². The molecule has 0 saturated carbocycles. The minimum absolute atomic E-state index is 0.0684. The Labute approximate surface area is 86.9 Å². The highest BCUT2D eigenvalue weighted by atomic mass is 19.1. The van der Waals surface area contributed by atoms with Gasteiger partial charge >= 0.3 is 0 Å². The second-order valence-corrected chi connectivity index (χ2v) is 2.74. The zero-order valence-electron chi connectivity index (χ0n) is 8.15. The summed E-state index contributed by atoms with van der Waals surface area (Å²) in [4.78, 5) is 0. The fourth-order valence-corrected chi connectivity index (χ4v) is 1.03. The summed E-state index contributed by atoms with van der Waals surface area (Å²) in [5, 5.41) is 17.1. The van der Waals surface area contributed by atoms with E-state index in [1.807, 2.05) is 0 Å². The predicted molar refractivity (Wildman–Crippen MR) is 51.6 cm³/mol. The Morgan fingerprint density at radius 3 is 2.20 bits per heavy atom. The molecule has 4 nitrogen and oxygen atoms in total. The molecular formula is C10H13FO4. The van der Waals surface area contributed by atoms with Gasteiger partial charge in [0.25, 0.3) is 0 Å². The van der Waals surface area contributed by atoms with Crippen molar-refractivity contribution in [2.75, 3.05) is 26.4 Å². The van der Waals surface area contributed by atoms with E-state index in [9.17, 15) is 4.39 Å². The molecule has 0 unspecified atom stereocenters. The van der Waals surface area contributed by atoms with Crippen LogP contribution < -0.4 is 9.47 Å². The smallest absolute Gasteiger partial charge is 0.164 e. The lowest BCUT2D eigenvalue weighted by molar-refractivity contribution is 0.178. The van der Waals surface area contributed by atoms with Crippen LogP contribution in [0.25, 0.3) is 0 Å². The molecular weight excluding hydrogens is 203 g/mol. The Kier molecular flexibility index (Phi) is 4.86. The van der Waals surface area contributed by atoms with Crippen molar-refractivity contribution in [2.45, 2.75) is 0 Å². The third-order valence-electron chi connectivity index (χ3n) is 1.60. The molecule has 0 amide bonds. The molecule has 0 saturated heterocycles. The highest BCUT2D eigenvalue weighted by molar-refractivity contribution is 5.40. The maximum absolute atomic E-state index is 12.8. The lowest BCUT2D eigenvalue weighted by Crippen LogP contribution is -2.06.